The summed E-state index contributed by atoms with van der Waals surface area (Å²) in [4.78, 5) is 16.1. The highest BCUT2D eigenvalue weighted by molar-refractivity contribution is 5.76. The van der Waals surface area contributed by atoms with Crippen LogP contribution in [-0.4, -0.2) is 16.1 Å². The van der Waals surface area contributed by atoms with Gasteiger partial charge < -0.3 is 5.11 Å². The number of hydrogen-bond donors (Lipinski definition) is 1. The Balaban J connectivity index is 1.88. The SMILES string of the molecule is O=C(O)C1CCCc2nc(C3CCCCC3)ccc21. The monoisotopic (exact) mass is 259 g/mol. The summed E-state index contributed by atoms with van der Waals surface area (Å²) in [6.07, 6.45) is 9.10. The lowest BCUT2D eigenvalue weighted by molar-refractivity contribution is -0.139. The summed E-state index contributed by atoms with van der Waals surface area (Å²) in [5.74, 6) is -0.436. The zero-order chi connectivity index (χ0) is 13.2. The second-order valence-electron chi connectivity index (χ2n) is 5.89. The third-order valence-corrected chi connectivity index (χ3v) is 4.63. The Labute approximate surface area is 114 Å². The van der Waals surface area contributed by atoms with Gasteiger partial charge in [0.15, 0.2) is 0 Å². The molecule has 1 aromatic heterocycles. The van der Waals surface area contributed by atoms with Crippen molar-refractivity contribution >= 4 is 5.97 Å². The normalized spacial score (nSPS) is 23.9. The Bertz CT molecular complexity index is 478. The number of hydrogen-bond acceptors (Lipinski definition) is 2. The van der Waals surface area contributed by atoms with Crippen molar-refractivity contribution in [1.82, 2.24) is 4.98 Å². The van der Waals surface area contributed by atoms with Gasteiger partial charge >= 0.3 is 5.97 Å². The molecule has 0 aromatic carbocycles. The van der Waals surface area contributed by atoms with Gasteiger partial charge in [-0.15, -0.1) is 0 Å². The van der Waals surface area contributed by atoms with Crippen LogP contribution in [0.1, 0.15) is 73.7 Å². The number of carboxylic acids is 1. The van der Waals surface area contributed by atoms with Crippen molar-refractivity contribution in [2.75, 3.05) is 0 Å². The Hall–Kier alpha value is -1.38. The van der Waals surface area contributed by atoms with Gasteiger partial charge in [-0.25, -0.2) is 0 Å². The summed E-state index contributed by atoms with van der Waals surface area (Å²) >= 11 is 0. The zero-order valence-corrected chi connectivity index (χ0v) is 11.3. The van der Waals surface area contributed by atoms with Crippen LogP contribution in [-0.2, 0) is 11.2 Å². The Kier molecular flexibility index (Phi) is 3.54. The topological polar surface area (TPSA) is 50.2 Å². The number of fused-ring (bicyclic) bond motifs is 1. The molecule has 0 amide bonds. The molecule has 19 heavy (non-hydrogen) atoms. The Morgan fingerprint density at radius 2 is 1.89 bits per heavy atom. The molecule has 0 aliphatic heterocycles. The summed E-state index contributed by atoms with van der Waals surface area (Å²) in [5.41, 5.74) is 3.20. The summed E-state index contributed by atoms with van der Waals surface area (Å²) in [6, 6.07) is 4.11. The molecule has 1 heterocycles. The first-order valence-corrected chi connectivity index (χ1v) is 7.48. The number of rotatable bonds is 2. The van der Waals surface area contributed by atoms with Gasteiger partial charge in [-0.2, -0.15) is 0 Å². The van der Waals surface area contributed by atoms with Crippen LogP contribution in [0.15, 0.2) is 12.1 Å². The van der Waals surface area contributed by atoms with Crippen LogP contribution >= 0.6 is 0 Å². The average Bonchev–Trinajstić information content (AvgIpc) is 2.47. The standard InChI is InChI=1S/C16H21NO2/c18-16(19)13-7-4-8-15-12(13)9-10-14(17-15)11-5-2-1-3-6-11/h9-11,13H,1-8H2,(H,18,19). The minimum absolute atomic E-state index is 0.336. The number of carbonyl (C=O) groups is 1. The third kappa shape index (κ3) is 2.51. The quantitative estimate of drug-likeness (QED) is 0.882. The number of carboxylic acid groups (broad SMARTS) is 1. The lowest BCUT2D eigenvalue weighted by Gasteiger charge is -2.25. The van der Waals surface area contributed by atoms with Crippen LogP contribution in [0, 0.1) is 0 Å². The molecule has 2 aliphatic rings. The van der Waals surface area contributed by atoms with Crippen LogP contribution in [0.4, 0.5) is 0 Å². The van der Waals surface area contributed by atoms with E-state index in [2.05, 4.69) is 6.07 Å². The van der Waals surface area contributed by atoms with Crippen LogP contribution in [0.5, 0.6) is 0 Å². The van der Waals surface area contributed by atoms with Crippen LogP contribution in [0.25, 0.3) is 0 Å². The van der Waals surface area contributed by atoms with E-state index in [4.69, 9.17) is 4.98 Å². The highest BCUT2D eigenvalue weighted by atomic mass is 16.4. The summed E-state index contributed by atoms with van der Waals surface area (Å²) in [5, 5.41) is 9.28. The van der Waals surface area contributed by atoms with Crippen molar-refractivity contribution < 1.29 is 9.90 Å². The molecule has 0 spiro atoms. The van der Waals surface area contributed by atoms with Gasteiger partial charge in [-0.05, 0) is 43.7 Å². The molecule has 102 valence electrons. The maximum Gasteiger partial charge on any atom is 0.311 e. The van der Waals surface area contributed by atoms with Gasteiger partial charge in [0.25, 0.3) is 0 Å². The van der Waals surface area contributed by atoms with Crippen LogP contribution < -0.4 is 0 Å². The van der Waals surface area contributed by atoms with E-state index in [1.807, 2.05) is 6.07 Å². The highest BCUT2D eigenvalue weighted by Gasteiger charge is 2.28. The molecule has 0 radical (unpaired) electrons. The average molecular weight is 259 g/mol. The number of aliphatic carboxylic acids is 1. The van der Waals surface area contributed by atoms with E-state index in [0.717, 1.165) is 30.5 Å². The van der Waals surface area contributed by atoms with Gasteiger partial charge in [0, 0.05) is 17.3 Å². The fourth-order valence-corrected chi connectivity index (χ4v) is 3.56. The molecule has 1 atom stereocenters. The van der Waals surface area contributed by atoms with Gasteiger partial charge in [-0.3, -0.25) is 9.78 Å². The van der Waals surface area contributed by atoms with E-state index < -0.39 is 5.97 Å². The summed E-state index contributed by atoms with van der Waals surface area (Å²) in [7, 11) is 0. The molecule has 3 heteroatoms. The molecule has 3 nitrogen and oxygen atoms in total. The predicted octanol–water partition coefficient (Wildman–Crippen LogP) is 3.63. The van der Waals surface area contributed by atoms with Crippen LogP contribution in [0.2, 0.25) is 0 Å². The van der Waals surface area contributed by atoms with Gasteiger partial charge in [0.05, 0.1) is 5.92 Å². The van der Waals surface area contributed by atoms with E-state index in [9.17, 15) is 9.90 Å². The molecule has 1 N–H and O–H groups in total. The van der Waals surface area contributed by atoms with Gasteiger partial charge in [0.1, 0.15) is 0 Å². The first-order valence-electron chi connectivity index (χ1n) is 7.48. The predicted molar refractivity (Wildman–Crippen MR) is 73.4 cm³/mol. The molecule has 1 fully saturated rings. The van der Waals surface area contributed by atoms with Crippen molar-refractivity contribution in [3.63, 3.8) is 0 Å². The maximum absolute atomic E-state index is 11.3. The Morgan fingerprint density at radius 1 is 1.11 bits per heavy atom. The fraction of sp³-hybridized carbons (Fsp3) is 0.625. The Morgan fingerprint density at radius 3 is 2.63 bits per heavy atom. The number of pyridine rings is 1. The molecular formula is C16H21NO2. The minimum Gasteiger partial charge on any atom is -0.481 e. The second kappa shape index (κ2) is 5.32. The number of nitrogens with zero attached hydrogens (tertiary/aromatic N) is 1. The van der Waals surface area contributed by atoms with E-state index in [-0.39, 0.29) is 5.92 Å². The van der Waals surface area contributed by atoms with E-state index in [1.54, 1.807) is 0 Å². The molecule has 1 unspecified atom stereocenters. The lowest BCUT2D eigenvalue weighted by Crippen LogP contribution is -2.20. The fourth-order valence-electron chi connectivity index (χ4n) is 3.56. The van der Waals surface area contributed by atoms with E-state index in [1.165, 1.54) is 37.8 Å². The largest absolute Gasteiger partial charge is 0.481 e. The second-order valence-corrected chi connectivity index (χ2v) is 5.89. The summed E-state index contributed by atoms with van der Waals surface area (Å²) < 4.78 is 0. The van der Waals surface area contributed by atoms with Gasteiger partial charge in [0.2, 0.25) is 0 Å². The molecular weight excluding hydrogens is 238 g/mol. The zero-order valence-electron chi connectivity index (χ0n) is 11.3. The van der Waals surface area contributed by atoms with E-state index >= 15 is 0 Å². The first-order chi connectivity index (χ1) is 9.25. The minimum atomic E-state index is -0.701. The summed E-state index contributed by atoms with van der Waals surface area (Å²) in [6.45, 7) is 0. The van der Waals surface area contributed by atoms with Crippen molar-refractivity contribution in [3.8, 4) is 0 Å². The van der Waals surface area contributed by atoms with Crippen LogP contribution in [0.3, 0.4) is 0 Å². The highest BCUT2D eigenvalue weighted by Crippen LogP contribution is 2.35. The smallest absolute Gasteiger partial charge is 0.311 e. The lowest BCUT2D eigenvalue weighted by atomic mass is 9.83. The molecule has 1 aromatic rings. The molecule has 0 saturated heterocycles. The molecule has 0 bridgehead atoms. The van der Waals surface area contributed by atoms with Gasteiger partial charge in [-0.1, -0.05) is 25.3 Å². The van der Waals surface area contributed by atoms with Crippen molar-refractivity contribution in [2.24, 2.45) is 0 Å². The maximum atomic E-state index is 11.3. The first kappa shape index (κ1) is 12.6. The van der Waals surface area contributed by atoms with Crippen molar-refractivity contribution in [1.29, 1.82) is 0 Å². The van der Waals surface area contributed by atoms with Crippen molar-refractivity contribution in [3.05, 3.63) is 29.1 Å². The van der Waals surface area contributed by atoms with Crippen molar-refractivity contribution in [2.45, 2.75) is 63.2 Å². The third-order valence-electron chi connectivity index (χ3n) is 4.63. The molecule has 2 aliphatic carbocycles. The number of aromatic nitrogens is 1. The molecule has 3 rings (SSSR count). The van der Waals surface area contributed by atoms with E-state index in [0.29, 0.717) is 5.92 Å². The molecule has 1 saturated carbocycles. The number of aryl methyl sites for hydroxylation is 1.